The van der Waals surface area contributed by atoms with Gasteiger partial charge in [0.15, 0.2) is 5.82 Å². The Kier molecular flexibility index (Phi) is 3.23. The maximum Gasteiger partial charge on any atom is 0.168 e. The first-order valence-electron chi connectivity index (χ1n) is 4.94. The highest BCUT2D eigenvalue weighted by Crippen LogP contribution is 2.03. The largest absolute Gasteiger partial charge is 0.314 e. The van der Waals surface area contributed by atoms with Gasteiger partial charge in [0.2, 0.25) is 0 Å². The van der Waals surface area contributed by atoms with Gasteiger partial charge in [-0.25, -0.2) is 4.68 Å². The maximum absolute atomic E-state index is 9.14. The fourth-order valence-corrected chi connectivity index (χ4v) is 1.42. The smallest absolute Gasteiger partial charge is 0.168 e. The Morgan fingerprint density at radius 3 is 2.75 bits per heavy atom. The van der Waals surface area contributed by atoms with Crippen LogP contribution < -0.4 is 0 Å². The second-order valence-corrected chi connectivity index (χ2v) is 3.55. The van der Waals surface area contributed by atoms with E-state index < -0.39 is 0 Å². The van der Waals surface area contributed by atoms with Crippen LogP contribution in [0.1, 0.15) is 11.4 Å². The van der Waals surface area contributed by atoms with Crippen molar-refractivity contribution in [2.24, 2.45) is 0 Å². The molecule has 1 aromatic heterocycles. The number of nitrogens with zero attached hydrogens (tertiary/aromatic N) is 5. The van der Waals surface area contributed by atoms with Crippen molar-refractivity contribution in [3.8, 4) is 0 Å². The van der Waals surface area contributed by atoms with Crippen LogP contribution in [-0.4, -0.2) is 37.5 Å². The Labute approximate surface area is 93.1 Å². The molecule has 6 heteroatoms. The monoisotopic (exact) mass is 219 g/mol. The molecular formula is C10H13N5O. The van der Waals surface area contributed by atoms with Gasteiger partial charge in [-0.15, -0.1) is 5.10 Å². The van der Waals surface area contributed by atoms with Crippen LogP contribution in [0.2, 0.25) is 0 Å². The minimum Gasteiger partial charge on any atom is -0.314 e. The minimum absolute atomic E-state index is 0.305. The highest BCUT2D eigenvalue weighted by molar-refractivity contribution is 5.14. The maximum atomic E-state index is 9.14. The molecule has 0 spiro atoms. The van der Waals surface area contributed by atoms with Gasteiger partial charge >= 0.3 is 0 Å². The Bertz CT molecular complexity index is 439. The lowest BCUT2D eigenvalue weighted by atomic mass is 10.2. The van der Waals surface area contributed by atoms with Crippen molar-refractivity contribution in [3.05, 3.63) is 41.7 Å². The van der Waals surface area contributed by atoms with Crippen LogP contribution in [0.25, 0.3) is 0 Å². The van der Waals surface area contributed by atoms with Crippen molar-refractivity contribution in [2.45, 2.75) is 13.1 Å². The van der Waals surface area contributed by atoms with Gasteiger partial charge in [-0.05, 0) is 16.0 Å². The number of rotatable bonds is 4. The molecule has 0 saturated heterocycles. The Morgan fingerprint density at radius 1 is 1.31 bits per heavy atom. The number of aromatic nitrogens is 4. The van der Waals surface area contributed by atoms with Gasteiger partial charge in [0.25, 0.3) is 0 Å². The number of hydroxylamine groups is 2. The first-order valence-corrected chi connectivity index (χ1v) is 4.94. The van der Waals surface area contributed by atoms with Gasteiger partial charge in [-0.3, -0.25) is 0 Å². The number of hydrogen-bond acceptors (Lipinski definition) is 5. The van der Waals surface area contributed by atoms with Crippen LogP contribution in [0.4, 0.5) is 0 Å². The lowest BCUT2D eigenvalue weighted by molar-refractivity contribution is -0.0759. The van der Waals surface area contributed by atoms with Crippen LogP contribution in [0.3, 0.4) is 0 Å². The normalized spacial score (nSPS) is 10.9. The molecule has 0 amide bonds. The summed E-state index contributed by atoms with van der Waals surface area (Å²) in [5, 5.41) is 21.5. The third-order valence-electron chi connectivity index (χ3n) is 2.15. The first kappa shape index (κ1) is 10.7. The summed E-state index contributed by atoms with van der Waals surface area (Å²) in [7, 11) is 1.56. The standard InChI is InChI=1S/C10H13N5O/c1-14(16)8-10-11-12-13-15(10)7-9-5-3-2-4-6-9/h2-6,16H,7-8H2,1H3. The first-order chi connectivity index (χ1) is 7.75. The van der Waals surface area contributed by atoms with Crippen LogP contribution in [0.15, 0.2) is 30.3 Å². The number of benzene rings is 1. The van der Waals surface area contributed by atoms with Crippen molar-refractivity contribution >= 4 is 0 Å². The van der Waals surface area contributed by atoms with E-state index in [4.69, 9.17) is 5.21 Å². The lowest BCUT2D eigenvalue weighted by Crippen LogP contribution is -2.17. The summed E-state index contributed by atoms with van der Waals surface area (Å²) in [6, 6.07) is 9.92. The van der Waals surface area contributed by atoms with Crippen molar-refractivity contribution in [2.75, 3.05) is 7.05 Å². The SMILES string of the molecule is CN(O)Cc1nnnn1Cc1ccccc1. The van der Waals surface area contributed by atoms with E-state index in [0.29, 0.717) is 18.9 Å². The zero-order valence-electron chi connectivity index (χ0n) is 8.98. The molecule has 0 bridgehead atoms. The minimum atomic E-state index is 0.305. The number of hydrogen-bond donors (Lipinski definition) is 1. The molecule has 0 aliphatic rings. The highest BCUT2D eigenvalue weighted by atomic mass is 16.5. The van der Waals surface area contributed by atoms with E-state index in [9.17, 15) is 0 Å². The summed E-state index contributed by atoms with van der Waals surface area (Å²) in [6.07, 6.45) is 0. The average Bonchev–Trinajstić information content (AvgIpc) is 2.66. The van der Waals surface area contributed by atoms with Crippen LogP contribution in [-0.2, 0) is 13.1 Å². The summed E-state index contributed by atoms with van der Waals surface area (Å²) < 4.78 is 1.67. The van der Waals surface area contributed by atoms with E-state index in [1.807, 2.05) is 30.3 Å². The molecule has 0 radical (unpaired) electrons. The molecule has 2 aromatic rings. The summed E-state index contributed by atoms with van der Waals surface area (Å²) in [6.45, 7) is 0.914. The van der Waals surface area contributed by atoms with E-state index in [-0.39, 0.29) is 0 Å². The summed E-state index contributed by atoms with van der Waals surface area (Å²) in [5.74, 6) is 0.633. The second kappa shape index (κ2) is 4.82. The van der Waals surface area contributed by atoms with Gasteiger partial charge in [0.05, 0.1) is 13.1 Å². The van der Waals surface area contributed by atoms with E-state index >= 15 is 0 Å². The zero-order valence-corrected chi connectivity index (χ0v) is 8.98. The third kappa shape index (κ3) is 2.62. The molecule has 16 heavy (non-hydrogen) atoms. The summed E-state index contributed by atoms with van der Waals surface area (Å²) >= 11 is 0. The van der Waals surface area contributed by atoms with E-state index in [1.54, 1.807) is 11.7 Å². The van der Waals surface area contributed by atoms with E-state index in [2.05, 4.69) is 15.5 Å². The van der Waals surface area contributed by atoms with Gasteiger partial charge in [-0.1, -0.05) is 30.3 Å². The van der Waals surface area contributed by atoms with Crippen molar-refractivity contribution in [1.82, 2.24) is 25.3 Å². The zero-order chi connectivity index (χ0) is 11.4. The predicted molar refractivity (Wildman–Crippen MR) is 56.6 cm³/mol. The fraction of sp³-hybridized carbons (Fsp3) is 0.300. The van der Waals surface area contributed by atoms with Gasteiger partial charge in [0, 0.05) is 7.05 Å². The number of tetrazole rings is 1. The molecular weight excluding hydrogens is 206 g/mol. The Balaban J connectivity index is 2.13. The predicted octanol–water partition coefficient (Wildman–Crippen LogP) is 0.542. The molecule has 2 rings (SSSR count). The molecule has 0 aliphatic carbocycles. The Morgan fingerprint density at radius 2 is 2.06 bits per heavy atom. The molecule has 0 saturated carbocycles. The molecule has 0 aliphatic heterocycles. The highest BCUT2D eigenvalue weighted by Gasteiger charge is 2.07. The lowest BCUT2D eigenvalue weighted by Gasteiger charge is -2.08. The molecule has 0 unspecified atom stereocenters. The van der Waals surface area contributed by atoms with E-state index in [1.165, 1.54) is 0 Å². The van der Waals surface area contributed by atoms with Gasteiger partial charge < -0.3 is 5.21 Å². The van der Waals surface area contributed by atoms with Crippen molar-refractivity contribution < 1.29 is 5.21 Å². The molecule has 1 heterocycles. The molecule has 1 aromatic carbocycles. The van der Waals surface area contributed by atoms with Crippen molar-refractivity contribution in [1.29, 1.82) is 0 Å². The average molecular weight is 219 g/mol. The molecule has 1 N–H and O–H groups in total. The topological polar surface area (TPSA) is 67.1 Å². The third-order valence-corrected chi connectivity index (χ3v) is 2.15. The molecule has 0 fully saturated rings. The van der Waals surface area contributed by atoms with Gasteiger partial charge in [-0.2, -0.15) is 5.06 Å². The van der Waals surface area contributed by atoms with Crippen LogP contribution >= 0.6 is 0 Å². The molecule has 0 atom stereocenters. The molecule has 84 valence electrons. The molecule has 6 nitrogen and oxygen atoms in total. The summed E-state index contributed by atoms with van der Waals surface area (Å²) in [4.78, 5) is 0. The van der Waals surface area contributed by atoms with Crippen molar-refractivity contribution in [3.63, 3.8) is 0 Å². The fourth-order valence-electron chi connectivity index (χ4n) is 1.42. The van der Waals surface area contributed by atoms with Crippen LogP contribution in [0, 0.1) is 0 Å². The van der Waals surface area contributed by atoms with E-state index in [0.717, 1.165) is 10.6 Å². The quantitative estimate of drug-likeness (QED) is 0.760. The van der Waals surface area contributed by atoms with Crippen LogP contribution in [0.5, 0.6) is 0 Å². The Hall–Kier alpha value is -1.79. The summed E-state index contributed by atoms with van der Waals surface area (Å²) in [5.41, 5.74) is 1.12. The van der Waals surface area contributed by atoms with Gasteiger partial charge in [0.1, 0.15) is 0 Å². The second-order valence-electron chi connectivity index (χ2n) is 3.55.